The second-order valence-electron chi connectivity index (χ2n) is 6.27. The average Bonchev–Trinajstić information content (AvgIpc) is 3.08. The molecular formula is C23H17IN2O2S. The van der Waals surface area contributed by atoms with Crippen LogP contribution in [0.15, 0.2) is 88.8 Å². The third-order valence-electron chi connectivity index (χ3n) is 4.15. The average molecular weight is 512 g/mol. The molecule has 1 fully saturated rings. The van der Waals surface area contributed by atoms with Crippen LogP contribution in [-0.2, 0) is 11.4 Å². The van der Waals surface area contributed by atoms with E-state index in [9.17, 15) is 4.79 Å². The van der Waals surface area contributed by atoms with Gasteiger partial charge >= 0.3 is 0 Å². The Morgan fingerprint density at radius 2 is 1.69 bits per heavy atom. The Balaban J connectivity index is 1.52. The summed E-state index contributed by atoms with van der Waals surface area (Å²) in [6.07, 6.45) is 1.84. The van der Waals surface area contributed by atoms with Crippen LogP contribution in [0.3, 0.4) is 0 Å². The zero-order chi connectivity index (χ0) is 20.1. The van der Waals surface area contributed by atoms with E-state index in [1.165, 1.54) is 11.8 Å². The Bertz CT molecular complexity index is 1080. The second-order valence-corrected chi connectivity index (χ2v) is 8.55. The van der Waals surface area contributed by atoms with E-state index >= 15 is 0 Å². The Morgan fingerprint density at radius 3 is 2.48 bits per heavy atom. The molecule has 0 unspecified atom stereocenters. The number of amidine groups is 1. The highest BCUT2D eigenvalue weighted by Crippen LogP contribution is 2.31. The molecule has 0 atom stereocenters. The molecule has 4 rings (SSSR count). The van der Waals surface area contributed by atoms with E-state index in [2.05, 4.69) is 32.9 Å². The van der Waals surface area contributed by atoms with Crippen LogP contribution in [0.2, 0.25) is 0 Å². The molecule has 1 amide bonds. The van der Waals surface area contributed by atoms with Gasteiger partial charge in [-0.3, -0.25) is 4.79 Å². The molecule has 1 N–H and O–H groups in total. The van der Waals surface area contributed by atoms with Gasteiger partial charge in [-0.25, -0.2) is 4.99 Å². The summed E-state index contributed by atoms with van der Waals surface area (Å²) in [6.45, 7) is 0.472. The van der Waals surface area contributed by atoms with Crippen LogP contribution >= 0.6 is 34.4 Å². The van der Waals surface area contributed by atoms with E-state index in [0.29, 0.717) is 16.7 Å². The lowest BCUT2D eigenvalue weighted by molar-refractivity contribution is -0.115. The number of rotatable bonds is 5. The summed E-state index contributed by atoms with van der Waals surface area (Å²) in [7, 11) is 0. The van der Waals surface area contributed by atoms with Gasteiger partial charge in [-0.2, -0.15) is 0 Å². The standard InChI is InChI=1S/C23H17IN2O2S/c24-18-10-12-19(13-11-18)25-23-26-22(27)21(29-23)14-17-8-4-5-9-20(17)28-15-16-6-2-1-3-7-16/h1-14H,15H2,(H,25,26,27)/b21-14+. The highest BCUT2D eigenvalue weighted by molar-refractivity contribution is 14.1. The van der Waals surface area contributed by atoms with E-state index in [4.69, 9.17) is 4.74 Å². The van der Waals surface area contributed by atoms with Gasteiger partial charge in [-0.05, 0) is 76.3 Å². The number of hydrogen-bond donors (Lipinski definition) is 1. The molecule has 3 aromatic rings. The normalized spacial score (nSPS) is 16.2. The lowest BCUT2D eigenvalue weighted by Crippen LogP contribution is -2.19. The van der Waals surface area contributed by atoms with Gasteiger partial charge in [-0.15, -0.1) is 0 Å². The van der Waals surface area contributed by atoms with E-state index in [-0.39, 0.29) is 5.91 Å². The van der Waals surface area contributed by atoms with Gasteiger partial charge in [0.05, 0.1) is 10.6 Å². The van der Waals surface area contributed by atoms with Crippen LogP contribution < -0.4 is 10.1 Å². The number of hydrogen-bond acceptors (Lipinski definition) is 4. The van der Waals surface area contributed by atoms with Crippen molar-refractivity contribution in [1.29, 1.82) is 0 Å². The Kier molecular flexibility index (Phi) is 6.31. The number of nitrogens with one attached hydrogen (secondary N) is 1. The second kappa shape index (κ2) is 9.28. The van der Waals surface area contributed by atoms with Gasteiger partial charge in [0.25, 0.3) is 5.91 Å². The van der Waals surface area contributed by atoms with Crippen LogP contribution in [0.5, 0.6) is 5.75 Å². The quantitative estimate of drug-likeness (QED) is 0.349. The smallest absolute Gasteiger partial charge is 0.264 e. The summed E-state index contributed by atoms with van der Waals surface area (Å²) in [5.41, 5.74) is 2.76. The van der Waals surface area contributed by atoms with Crippen LogP contribution in [0.4, 0.5) is 5.69 Å². The fraction of sp³-hybridized carbons (Fsp3) is 0.0435. The summed E-state index contributed by atoms with van der Waals surface area (Å²) >= 11 is 3.58. The molecule has 144 valence electrons. The van der Waals surface area contributed by atoms with Crippen LogP contribution in [-0.4, -0.2) is 11.1 Å². The molecule has 1 saturated heterocycles. The number of carbonyl (C=O) groups excluding carboxylic acids is 1. The van der Waals surface area contributed by atoms with Crippen molar-refractivity contribution in [3.05, 3.63) is 98.5 Å². The van der Waals surface area contributed by atoms with Gasteiger partial charge in [0, 0.05) is 9.13 Å². The maximum absolute atomic E-state index is 12.4. The van der Waals surface area contributed by atoms with Crippen molar-refractivity contribution in [1.82, 2.24) is 5.32 Å². The van der Waals surface area contributed by atoms with Crippen molar-refractivity contribution >= 4 is 57.2 Å². The largest absolute Gasteiger partial charge is 0.488 e. The molecule has 1 heterocycles. The summed E-state index contributed by atoms with van der Waals surface area (Å²) in [5, 5.41) is 3.40. The van der Waals surface area contributed by atoms with Gasteiger partial charge in [0.15, 0.2) is 5.17 Å². The molecule has 6 heteroatoms. The van der Waals surface area contributed by atoms with Crippen molar-refractivity contribution in [3.63, 3.8) is 0 Å². The number of para-hydroxylation sites is 1. The summed E-state index contributed by atoms with van der Waals surface area (Å²) in [4.78, 5) is 17.5. The Labute approximate surface area is 187 Å². The molecule has 3 aromatic carbocycles. The van der Waals surface area contributed by atoms with E-state index in [0.717, 1.165) is 26.1 Å². The lowest BCUT2D eigenvalue weighted by atomic mass is 10.2. The van der Waals surface area contributed by atoms with Crippen LogP contribution in [0.1, 0.15) is 11.1 Å². The Hall–Kier alpha value is -2.58. The van der Waals surface area contributed by atoms with Crippen molar-refractivity contribution in [2.24, 2.45) is 4.99 Å². The number of halogens is 1. The molecule has 0 aromatic heterocycles. The topological polar surface area (TPSA) is 50.7 Å². The molecule has 29 heavy (non-hydrogen) atoms. The maximum Gasteiger partial charge on any atom is 0.264 e. The number of carbonyl (C=O) groups is 1. The summed E-state index contributed by atoms with van der Waals surface area (Å²) in [5.74, 6) is 0.581. The minimum Gasteiger partial charge on any atom is -0.488 e. The van der Waals surface area contributed by atoms with E-state index < -0.39 is 0 Å². The zero-order valence-electron chi connectivity index (χ0n) is 15.3. The maximum atomic E-state index is 12.4. The van der Waals surface area contributed by atoms with Crippen LogP contribution in [0.25, 0.3) is 6.08 Å². The van der Waals surface area contributed by atoms with Gasteiger partial charge in [0.1, 0.15) is 12.4 Å². The number of benzene rings is 3. The van der Waals surface area contributed by atoms with Gasteiger partial charge in [0.2, 0.25) is 0 Å². The SMILES string of the molecule is O=C1NC(=Nc2ccc(I)cc2)S/C1=C/c1ccccc1OCc1ccccc1. The third kappa shape index (κ3) is 5.27. The minimum atomic E-state index is -0.155. The van der Waals surface area contributed by atoms with Crippen molar-refractivity contribution in [2.45, 2.75) is 6.61 Å². The fourth-order valence-corrected chi connectivity index (χ4v) is 3.91. The van der Waals surface area contributed by atoms with Gasteiger partial charge in [-0.1, -0.05) is 48.5 Å². The first-order chi connectivity index (χ1) is 14.2. The number of aliphatic imine (C=N–C) groups is 1. The van der Waals surface area contributed by atoms with Crippen molar-refractivity contribution in [2.75, 3.05) is 0 Å². The highest BCUT2D eigenvalue weighted by atomic mass is 127. The lowest BCUT2D eigenvalue weighted by Gasteiger charge is -2.09. The molecular weight excluding hydrogens is 495 g/mol. The minimum absolute atomic E-state index is 0.155. The zero-order valence-corrected chi connectivity index (χ0v) is 18.3. The predicted molar refractivity (Wildman–Crippen MR) is 127 cm³/mol. The molecule has 0 bridgehead atoms. The first kappa shape index (κ1) is 19.7. The van der Waals surface area contributed by atoms with Crippen molar-refractivity contribution in [3.8, 4) is 5.75 Å². The molecule has 4 nitrogen and oxygen atoms in total. The number of ether oxygens (including phenoxy) is 1. The molecule has 1 aliphatic rings. The summed E-state index contributed by atoms with van der Waals surface area (Å²) in [6, 6.07) is 25.5. The van der Waals surface area contributed by atoms with Gasteiger partial charge < -0.3 is 10.1 Å². The monoisotopic (exact) mass is 512 g/mol. The van der Waals surface area contributed by atoms with E-state index in [1.54, 1.807) is 0 Å². The first-order valence-corrected chi connectivity index (χ1v) is 10.9. The molecule has 0 saturated carbocycles. The van der Waals surface area contributed by atoms with Crippen molar-refractivity contribution < 1.29 is 9.53 Å². The molecule has 0 aliphatic carbocycles. The highest BCUT2D eigenvalue weighted by Gasteiger charge is 2.24. The summed E-state index contributed by atoms with van der Waals surface area (Å²) < 4.78 is 7.13. The predicted octanol–water partition coefficient (Wildman–Crippen LogP) is 5.76. The van der Waals surface area contributed by atoms with Crippen LogP contribution in [0, 0.1) is 3.57 Å². The van der Waals surface area contributed by atoms with E-state index in [1.807, 2.05) is 84.9 Å². The first-order valence-electron chi connectivity index (χ1n) is 8.98. The Morgan fingerprint density at radius 1 is 0.966 bits per heavy atom. The molecule has 0 radical (unpaired) electrons. The number of amides is 1. The molecule has 1 aliphatic heterocycles. The number of thioether (sulfide) groups is 1. The fourth-order valence-electron chi connectivity index (χ4n) is 2.72. The number of nitrogens with zero attached hydrogens (tertiary/aromatic N) is 1. The third-order valence-corrected chi connectivity index (χ3v) is 5.78. The molecule has 0 spiro atoms.